The second-order valence-electron chi connectivity index (χ2n) is 3.84. The van der Waals surface area contributed by atoms with E-state index in [-0.39, 0.29) is 0 Å². The Kier molecular flexibility index (Phi) is 3.26. The largest absolute Gasteiger partial charge is 0.327 e. The van der Waals surface area contributed by atoms with Gasteiger partial charge in [0.05, 0.1) is 4.34 Å². The van der Waals surface area contributed by atoms with Crippen molar-refractivity contribution < 1.29 is 0 Å². The highest BCUT2D eigenvalue weighted by Gasteiger charge is 2.12. The minimum absolute atomic E-state index is 0.365. The predicted octanol–water partition coefficient (Wildman–Crippen LogP) is 3.69. The third kappa shape index (κ3) is 2.59. The highest BCUT2D eigenvalue weighted by molar-refractivity contribution is 7.14. The fourth-order valence-electron chi connectivity index (χ4n) is 1.90. The monoisotopic (exact) mass is 227 g/mol. The predicted molar refractivity (Wildman–Crippen MR) is 63.7 cm³/mol. The van der Waals surface area contributed by atoms with E-state index in [0.29, 0.717) is 6.04 Å². The van der Waals surface area contributed by atoms with E-state index in [4.69, 9.17) is 17.3 Å². The van der Waals surface area contributed by atoms with Gasteiger partial charge in [-0.3, -0.25) is 0 Å². The summed E-state index contributed by atoms with van der Waals surface area (Å²) in [5.74, 6) is 0. The molecule has 1 fully saturated rings. The maximum atomic E-state index is 5.92. The van der Waals surface area contributed by atoms with Crippen molar-refractivity contribution in [3.05, 3.63) is 26.9 Å². The van der Waals surface area contributed by atoms with E-state index in [0.717, 1.165) is 10.8 Å². The first-order chi connectivity index (χ1) is 6.74. The van der Waals surface area contributed by atoms with Crippen LogP contribution in [0.3, 0.4) is 0 Å². The molecule has 76 valence electrons. The van der Waals surface area contributed by atoms with Gasteiger partial charge in [0.1, 0.15) is 0 Å². The molecule has 2 rings (SSSR count). The molecule has 1 aliphatic carbocycles. The Balaban J connectivity index is 2.09. The smallest absolute Gasteiger partial charge is 0.0934 e. The van der Waals surface area contributed by atoms with Gasteiger partial charge < -0.3 is 5.73 Å². The van der Waals surface area contributed by atoms with Gasteiger partial charge in [0.15, 0.2) is 0 Å². The van der Waals surface area contributed by atoms with E-state index in [1.54, 1.807) is 11.3 Å². The normalized spacial score (nSPS) is 25.6. The molecule has 1 saturated carbocycles. The lowest BCUT2D eigenvalue weighted by Gasteiger charge is -2.20. The van der Waals surface area contributed by atoms with Gasteiger partial charge in [0.2, 0.25) is 0 Å². The van der Waals surface area contributed by atoms with Crippen LogP contribution in [0.2, 0.25) is 4.34 Å². The molecule has 1 atom stereocenters. The van der Waals surface area contributed by atoms with Gasteiger partial charge in [-0.25, -0.2) is 0 Å². The molecule has 3 heteroatoms. The summed E-state index contributed by atoms with van der Waals surface area (Å²) in [5, 5.41) is 2.09. The summed E-state index contributed by atoms with van der Waals surface area (Å²) >= 11 is 7.45. The molecule has 14 heavy (non-hydrogen) atoms. The van der Waals surface area contributed by atoms with Crippen LogP contribution >= 0.6 is 22.9 Å². The summed E-state index contributed by atoms with van der Waals surface area (Å²) < 4.78 is 0.858. The molecule has 2 N–H and O–H groups in total. The molecule has 0 aliphatic heterocycles. The van der Waals surface area contributed by atoms with E-state index >= 15 is 0 Å². The highest BCUT2D eigenvalue weighted by Crippen LogP contribution is 2.27. The second kappa shape index (κ2) is 4.47. The molecule has 0 aromatic carbocycles. The third-order valence-electron chi connectivity index (χ3n) is 2.56. The van der Waals surface area contributed by atoms with Gasteiger partial charge in [0.25, 0.3) is 0 Å². The van der Waals surface area contributed by atoms with Crippen molar-refractivity contribution in [1.29, 1.82) is 0 Å². The Bertz CT molecular complexity index is 343. The van der Waals surface area contributed by atoms with E-state index in [9.17, 15) is 0 Å². The van der Waals surface area contributed by atoms with Crippen molar-refractivity contribution in [3.63, 3.8) is 0 Å². The fourth-order valence-corrected chi connectivity index (χ4v) is 2.75. The Morgan fingerprint density at radius 2 is 2.43 bits per heavy atom. The van der Waals surface area contributed by atoms with Crippen LogP contribution in [0, 0.1) is 0 Å². The SMILES string of the molecule is NC1CCC/C(=C/c2csc(Cl)c2)C1. The summed E-state index contributed by atoms with van der Waals surface area (Å²) in [6, 6.07) is 2.38. The van der Waals surface area contributed by atoms with Crippen molar-refractivity contribution in [1.82, 2.24) is 0 Å². The number of thiophene rings is 1. The van der Waals surface area contributed by atoms with Gasteiger partial charge in [-0.1, -0.05) is 23.3 Å². The lowest BCUT2D eigenvalue weighted by atomic mass is 9.90. The molecular weight excluding hydrogens is 214 g/mol. The summed E-state index contributed by atoms with van der Waals surface area (Å²) in [5.41, 5.74) is 8.62. The Hall–Kier alpha value is -0.310. The Labute approximate surface area is 93.6 Å². The van der Waals surface area contributed by atoms with Crippen LogP contribution in [0.25, 0.3) is 6.08 Å². The van der Waals surface area contributed by atoms with E-state index in [2.05, 4.69) is 11.5 Å². The van der Waals surface area contributed by atoms with Crippen LogP contribution in [0.5, 0.6) is 0 Å². The van der Waals surface area contributed by atoms with E-state index in [1.165, 1.54) is 30.4 Å². The summed E-state index contributed by atoms with van der Waals surface area (Å²) in [6.07, 6.45) is 6.88. The number of hydrogen-bond acceptors (Lipinski definition) is 2. The average molecular weight is 228 g/mol. The molecule has 0 saturated heterocycles. The summed E-state index contributed by atoms with van der Waals surface area (Å²) in [7, 11) is 0. The molecule has 1 nitrogen and oxygen atoms in total. The number of hydrogen-bond donors (Lipinski definition) is 1. The zero-order valence-corrected chi connectivity index (χ0v) is 9.57. The molecule has 0 radical (unpaired) electrons. The average Bonchev–Trinajstić information content (AvgIpc) is 2.51. The van der Waals surface area contributed by atoms with E-state index < -0.39 is 0 Å². The van der Waals surface area contributed by atoms with Crippen molar-refractivity contribution in [2.75, 3.05) is 0 Å². The standard InChI is InChI=1S/C11H14ClNS/c12-11-6-9(7-14-11)4-8-2-1-3-10(13)5-8/h4,6-7,10H,1-3,5,13H2/b8-4-. The van der Waals surface area contributed by atoms with Crippen LogP contribution in [-0.2, 0) is 0 Å². The summed E-state index contributed by atoms with van der Waals surface area (Å²) in [6.45, 7) is 0. The van der Waals surface area contributed by atoms with Gasteiger partial charge in [-0.15, -0.1) is 11.3 Å². The van der Waals surface area contributed by atoms with Gasteiger partial charge in [0, 0.05) is 6.04 Å². The maximum absolute atomic E-state index is 5.92. The minimum Gasteiger partial charge on any atom is -0.327 e. The first-order valence-corrected chi connectivity index (χ1v) is 6.19. The lowest BCUT2D eigenvalue weighted by Crippen LogP contribution is -2.23. The van der Waals surface area contributed by atoms with E-state index in [1.807, 2.05) is 6.07 Å². The molecule has 1 aromatic rings. The number of nitrogens with two attached hydrogens (primary N) is 1. The third-order valence-corrected chi connectivity index (χ3v) is 3.67. The quantitative estimate of drug-likeness (QED) is 0.778. The minimum atomic E-state index is 0.365. The van der Waals surface area contributed by atoms with Crippen LogP contribution in [0.15, 0.2) is 17.0 Å². The van der Waals surface area contributed by atoms with Crippen LogP contribution < -0.4 is 5.73 Å². The molecule has 1 heterocycles. The topological polar surface area (TPSA) is 26.0 Å². The molecule has 1 aromatic heterocycles. The van der Waals surface area contributed by atoms with Crippen molar-refractivity contribution in [3.8, 4) is 0 Å². The highest BCUT2D eigenvalue weighted by atomic mass is 35.5. The van der Waals surface area contributed by atoms with Crippen molar-refractivity contribution in [2.24, 2.45) is 5.73 Å². The Morgan fingerprint density at radius 3 is 3.07 bits per heavy atom. The molecule has 1 unspecified atom stereocenters. The second-order valence-corrected chi connectivity index (χ2v) is 5.39. The molecular formula is C11H14ClNS. The molecule has 0 spiro atoms. The maximum Gasteiger partial charge on any atom is 0.0934 e. The van der Waals surface area contributed by atoms with Crippen LogP contribution in [-0.4, -0.2) is 6.04 Å². The van der Waals surface area contributed by atoms with Gasteiger partial charge in [-0.05, 0) is 42.7 Å². The zero-order valence-electron chi connectivity index (χ0n) is 8.00. The summed E-state index contributed by atoms with van der Waals surface area (Å²) in [4.78, 5) is 0. The Morgan fingerprint density at radius 1 is 1.57 bits per heavy atom. The van der Waals surface area contributed by atoms with Crippen molar-refractivity contribution >= 4 is 29.0 Å². The van der Waals surface area contributed by atoms with Crippen LogP contribution in [0.1, 0.15) is 31.2 Å². The zero-order chi connectivity index (χ0) is 9.97. The van der Waals surface area contributed by atoms with Crippen LogP contribution in [0.4, 0.5) is 0 Å². The lowest BCUT2D eigenvalue weighted by molar-refractivity contribution is 0.520. The van der Waals surface area contributed by atoms with Gasteiger partial charge >= 0.3 is 0 Å². The molecule has 1 aliphatic rings. The first kappa shape index (κ1) is 10.2. The fraction of sp³-hybridized carbons (Fsp3) is 0.455. The first-order valence-electron chi connectivity index (χ1n) is 4.93. The van der Waals surface area contributed by atoms with Crippen molar-refractivity contribution in [2.45, 2.75) is 31.7 Å². The number of rotatable bonds is 1. The van der Waals surface area contributed by atoms with Gasteiger partial charge in [-0.2, -0.15) is 0 Å². The molecule has 0 amide bonds. The molecule has 0 bridgehead atoms. The number of halogens is 1.